The molecule has 0 radical (unpaired) electrons. The van der Waals surface area contributed by atoms with Crippen molar-refractivity contribution in [2.24, 2.45) is 0 Å². The number of nitrogens with zero attached hydrogens (tertiary/aromatic N) is 2. The number of hydrogen-bond donors (Lipinski definition) is 2. The predicted molar refractivity (Wildman–Crippen MR) is 102 cm³/mol. The molecule has 9 heteroatoms. The molecule has 0 bridgehead atoms. The molecular weight excluding hydrogens is 370 g/mol. The van der Waals surface area contributed by atoms with Gasteiger partial charge in [0.25, 0.3) is 5.91 Å². The van der Waals surface area contributed by atoms with Crippen molar-refractivity contribution in [2.45, 2.75) is 17.9 Å². The number of carbonyl (C=O) groups excluding carboxylic acids is 3. The minimum absolute atomic E-state index is 0.105. The number of halogens is 1. The van der Waals surface area contributed by atoms with Crippen LogP contribution in [0.1, 0.15) is 16.8 Å². The number of likely N-dealkylation sites (N-methyl/N-ethyl adjacent to an activating group) is 1. The summed E-state index contributed by atoms with van der Waals surface area (Å²) in [6.45, 7) is -0.549. The van der Waals surface area contributed by atoms with Gasteiger partial charge >= 0.3 is 0 Å². The quantitative estimate of drug-likeness (QED) is 0.758. The predicted octanol–water partition coefficient (Wildman–Crippen LogP) is 0.852. The normalized spacial score (nSPS) is 21.9. The zero-order valence-electron chi connectivity index (χ0n) is 14.7. The van der Waals surface area contributed by atoms with E-state index < -0.39 is 29.2 Å². The minimum atomic E-state index is -1.72. The van der Waals surface area contributed by atoms with E-state index in [0.717, 1.165) is 4.90 Å². The van der Waals surface area contributed by atoms with Crippen molar-refractivity contribution in [2.75, 3.05) is 20.1 Å². The van der Waals surface area contributed by atoms with Crippen molar-refractivity contribution in [1.29, 1.82) is 0 Å². The van der Waals surface area contributed by atoms with Gasteiger partial charge in [0.1, 0.15) is 11.5 Å². The number of benzene rings is 1. The summed E-state index contributed by atoms with van der Waals surface area (Å²) < 4.78 is 14.3. The van der Waals surface area contributed by atoms with Crippen LogP contribution in [0.5, 0.6) is 0 Å². The third-order valence-corrected chi connectivity index (χ3v) is 4.92. The van der Waals surface area contributed by atoms with Crippen molar-refractivity contribution < 1.29 is 18.8 Å². The Morgan fingerprint density at radius 2 is 2.07 bits per heavy atom. The van der Waals surface area contributed by atoms with E-state index in [1.54, 1.807) is 24.3 Å². The van der Waals surface area contributed by atoms with Gasteiger partial charge < -0.3 is 15.5 Å². The minimum Gasteiger partial charge on any atom is -0.357 e. The lowest BCUT2D eigenvalue weighted by molar-refractivity contribution is -0.137. The van der Waals surface area contributed by atoms with E-state index in [4.69, 9.17) is 0 Å². The van der Waals surface area contributed by atoms with Gasteiger partial charge in [0, 0.05) is 25.1 Å². The second-order valence-electron chi connectivity index (χ2n) is 6.45. The van der Waals surface area contributed by atoms with Crippen LogP contribution in [0.4, 0.5) is 4.39 Å². The van der Waals surface area contributed by atoms with Gasteiger partial charge in [-0.15, -0.1) is 0 Å². The highest BCUT2D eigenvalue weighted by molar-refractivity contribution is 7.18. The molecule has 7 nitrogen and oxygen atoms in total. The van der Waals surface area contributed by atoms with Gasteiger partial charge in [-0.05, 0) is 12.1 Å². The maximum Gasteiger partial charge on any atom is 0.252 e. The molecule has 1 saturated heterocycles. The maximum absolute atomic E-state index is 14.3. The number of carbonyl (C=O) groups is 3. The number of likely N-dealkylation sites (tertiary alicyclic amines) is 1. The fourth-order valence-electron chi connectivity index (χ4n) is 3.20. The average molecular weight is 390 g/mol. The number of para-hydroxylation sites is 1. The number of amides is 3. The summed E-state index contributed by atoms with van der Waals surface area (Å²) in [5.41, 5.74) is 1.06. The molecule has 3 unspecified atom stereocenters. The molecule has 1 aromatic heterocycles. The number of aromatic nitrogens is 1. The van der Waals surface area contributed by atoms with Crippen LogP contribution in [0.15, 0.2) is 36.5 Å². The summed E-state index contributed by atoms with van der Waals surface area (Å²) in [5.74, 6) is -1.39. The number of rotatable bonds is 4. The summed E-state index contributed by atoms with van der Waals surface area (Å²) >= 11 is 0. The lowest BCUT2D eigenvalue weighted by Gasteiger charge is -2.23. The van der Waals surface area contributed by atoms with Crippen LogP contribution in [0, 0.1) is 0 Å². The lowest BCUT2D eigenvalue weighted by atomic mass is 10.1. The monoisotopic (exact) mass is 390 g/mol. The maximum atomic E-state index is 14.3. The van der Waals surface area contributed by atoms with Crippen LogP contribution in [-0.4, -0.2) is 59.2 Å². The van der Waals surface area contributed by atoms with Crippen LogP contribution in [0.3, 0.4) is 0 Å². The van der Waals surface area contributed by atoms with E-state index in [2.05, 4.69) is 15.6 Å². The second kappa shape index (κ2) is 7.56. The summed E-state index contributed by atoms with van der Waals surface area (Å²) in [6, 6.07) is 7.84. The van der Waals surface area contributed by atoms with Gasteiger partial charge in [0.15, 0.2) is 0 Å². The summed E-state index contributed by atoms with van der Waals surface area (Å²) in [7, 11) is 3.48. The van der Waals surface area contributed by atoms with Gasteiger partial charge in [-0.25, -0.2) is 4.39 Å². The lowest BCUT2D eigenvalue weighted by Crippen LogP contribution is -2.48. The molecule has 3 atom stereocenters. The van der Waals surface area contributed by atoms with Crippen LogP contribution in [0.25, 0.3) is 10.9 Å². The second-order valence-corrected chi connectivity index (χ2v) is 7.48. The molecule has 0 saturated carbocycles. The molecule has 3 rings (SSSR count). The Balaban J connectivity index is 1.71. The smallest absolute Gasteiger partial charge is 0.252 e. The first-order valence-corrected chi connectivity index (χ1v) is 9.01. The van der Waals surface area contributed by atoms with Crippen LogP contribution in [-0.2, 0) is 9.59 Å². The number of fused-ring (bicyclic) bond motifs is 1. The fraction of sp³-hybridized carbons (Fsp3) is 0.333. The molecule has 0 spiro atoms. The van der Waals surface area contributed by atoms with Crippen molar-refractivity contribution >= 4 is 37.9 Å². The number of nitrogens with one attached hydrogen (secondary N) is 2. The third kappa shape index (κ3) is 4.06. The van der Waals surface area contributed by atoms with Crippen molar-refractivity contribution in [3.8, 4) is 0 Å². The number of pyridine rings is 1. The van der Waals surface area contributed by atoms with Crippen molar-refractivity contribution in [1.82, 2.24) is 20.5 Å². The van der Waals surface area contributed by atoms with Crippen LogP contribution >= 0.6 is 9.24 Å². The molecule has 27 heavy (non-hydrogen) atoms. The van der Waals surface area contributed by atoms with Crippen LogP contribution < -0.4 is 10.6 Å². The first-order chi connectivity index (χ1) is 12.8. The van der Waals surface area contributed by atoms with E-state index in [0.29, 0.717) is 16.5 Å². The first-order valence-electron chi connectivity index (χ1n) is 8.43. The number of hydrogen-bond acceptors (Lipinski definition) is 4. The average Bonchev–Trinajstić information content (AvgIpc) is 3.00. The Bertz CT molecular complexity index is 900. The van der Waals surface area contributed by atoms with E-state index in [-0.39, 0.29) is 19.5 Å². The molecule has 1 aliphatic heterocycles. The molecule has 1 fully saturated rings. The highest BCUT2D eigenvalue weighted by atomic mass is 31.0. The van der Waals surface area contributed by atoms with Gasteiger partial charge in [0.05, 0.1) is 24.2 Å². The van der Waals surface area contributed by atoms with Crippen LogP contribution in [0.2, 0.25) is 0 Å². The first kappa shape index (κ1) is 19.2. The Kier molecular flexibility index (Phi) is 5.37. The topological polar surface area (TPSA) is 91.4 Å². The Labute approximate surface area is 157 Å². The Morgan fingerprint density at radius 3 is 2.81 bits per heavy atom. The third-order valence-electron chi connectivity index (χ3n) is 4.51. The van der Waals surface area contributed by atoms with Gasteiger partial charge in [-0.1, -0.05) is 27.4 Å². The zero-order chi connectivity index (χ0) is 19.6. The molecule has 2 aromatic rings. The number of alkyl halides is 1. The standard InChI is InChI=1S/C18H20FN4O3P/c1-20-17(26)14-8-18(19,27)10-23(14)15(24)9-22-16(25)12-6-7-21-13-5-3-2-4-11(12)13/h2-7,14H,8-10,27H2,1H3,(H,20,26)(H,22,25). The summed E-state index contributed by atoms with van der Waals surface area (Å²) in [5, 5.41) is 3.94. The SMILES string of the molecule is CNC(=O)C1CC(F)(P)CN1C(=O)CNC(=O)c1ccnc2ccccc12. The fourth-order valence-corrected chi connectivity index (χ4v) is 3.62. The Morgan fingerprint density at radius 1 is 1.33 bits per heavy atom. The molecule has 1 aromatic carbocycles. The molecule has 1 aliphatic rings. The molecular formula is C18H20FN4O3P. The van der Waals surface area contributed by atoms with E-state index in [9.17, 15) is 18.8 Å². The Hall–Kier alpha value is -2.60. The van der Waals surface area contributed by atoms with Gasteiger partial charge in [0.2, 0.25) is 11.8 Å². The highest BCUT2D eigenvalue weighted by Gasteiger charge is 2.46. The van der Waals surface area contributed by atoms with E-state index >= 15 is 0 Å². The summed E-state index contributed by atoms with van der Waals surface area (Å²) in [6.07, 6.45) is 1.42. The van der Waals surface area contributed by atoms with Crippen molar-refractivity contribution in [3.05, 3.63) is 42.1 Å². The summed E-state index contributed by atoms with van der Waals surface area (Å²) in [4.78, 5) is 42.3. The van der Waals surface area contributed by atoms with Gasteiger partial charge in [-0.2, -0.15) is 0 Å². The highest BCUT2D eigenvalue weighted by Crippen LogP contribution is 2.36. The molecule has 2 N–H and O–H groups in total. The largest absolute Gasteiger partial charge is 0.357 e. The molecule has 142 valence electrons. The van der Waals surface area contributed by atoms with E-state index in [1.807, 2.05) is 15.3 Å². The van der Waals surface area contributed by atoms with E-state index in [1.165, 1.54) is 13.2 Å². The zero-order valence-corrected chi connectivity index (χ0v) is 15.9. The van der Waals surface area contributed by atoms with Crippen molar-refractivity contribution in [3.63, 3.8) is 0 Å². The van der Waals surface area contributed by atoms with Gasteiger partial charge in [-0.3, -0.25) is 19.4 Å². The molecule has 3 amide bonds. The molecule has 2 heterocycles. The molecule has 0 aliphatic carbocycles.